The van der Waals surface area contributed by atoms with E-state index in [1.807, 2.05) is 30.3 Å². The number of carboxylic acids is 1. The lowest BCUT2D eigenvalue weighted by molar-refractivity contribution is -0.139. The number of pyridine rings is 1. The van der Waals surface area contributed by atoms with Gasteiger partial charge in [0.2, 0.25) is 0 Å². The molecule has 0 saturated heterocycles. The highest BCUT2D eigenvalue weighted by molar-refractivity contribution is 5.85. The third-order valence-corrected chi connectivity index (χ3v) is 3.44. The van der Waals surface area contributed by atoms with Gasteiger partial charge >= 0.3 is 5.97 Å². The minimum absolute atomic E-state index is 0. The molecule has 0 spiro atoms. The van der Waals surface area contributed by atoms with Gasteiger partial charge in [0.15, 0.2) is 6.61 Å². The Morgan fingerprint density at radius 2 is 1.83 bits per heavy atom. The number of nitrogens with zero attached hydrogens (tertiary/aromatic N) is 1. The zero-order valence-electron chi connectivity index (χ0n) is 12.5. The van der Waals surface area contributed by atoms with E-state index >= 15 is 0 Å². The molecule has 4 nitrogen and oxygen atoms in total. The maximum Gasteiger partial charge on any atom is 0.341 e. The monoisotopic (exact) mass is 329 g/mol. The lowest BCUT2D eigenvalue weighted by Gasteiger charge is -2.08. The zero-order chi connectivity index (χ0) is 15.5. The minimum Gasteiger partial charge on any atom is -0.482 e. The Kier molecular flexibility index (Phi) is 5.19. The molecule has 3 rings (SSSR count). The van der Waals surface area contributed by atoms with Crippen LogP contribution in [0.25, 0.3) is 22.2 Å². The molecule has 118 valence electrons. The van der Waals surface area contributed by atoms with E-state index in [-0.39, 0.29) is 19.0 Å². The third-order valence-electron chi connectivity index (χ3n) is 3.44. The van der Waals surface area contributed by atoms with Crippen molar-refractivity contribution in [1.29, 1.82) is 0 Å². The number of aryl methyl sites for hydroxylation is 1. The lowest BCUT2D eigenvalue weighted by Crippen LogP contribution is -2.09. The number of aliphatic carboxylic acids is 1. The molecule has 0 aliphatic heterocycles. The van der Waals surface area contributed by atoms with E-state index in [2.05, 4.69) is 24.0 Å². The van der Waals surface area contributed by atoms with Crippen LogP contribution in [0.3, 0.4) is 0 Å². The smallest absolute Gasteiger partial charge is 0.341 e. The van der Waals surface area contributed by atoms with Gasteiger partial charge in [-0.25, -0.2) is 9.78 Å². The Balaban J connectivity index is 0.00000192. The first-order valence-electron chi connectivity index (χ1n) is 6.95. The number of fused-ring (bicyclic) bond motifs is 1. The first-order chi connectivity index (χ1) is 10.6. The number of para-hydroxylation sites is 1. The second kappa shape index (κ2) is 7.11. The summed E-state index contributed by atoms with van der Waals surface area (Å²) >= 11 is 0. The Hall–Kier alpha value is -2.59. The van der Waals surface area contributed by atoms with Crippen LogP contribution in [0.15, 0.2) is 54.6 Å². The fourth-order valence-electron chi connectivity index (χ4n) is 2.36. The molecule has 1 heterocycles. The number of hydrogen-bond acceptors (Lipinski definition) is 3. The standard InChI is InChI=1S/C18H15NO3.ClH/c1-12-10-17(19-16-5-3-2-4-15(12)16)13-6-8-14(9-7-13)22-11-18(20)21;/h2-10H,11H2,1H3,(H,20,21);1H. The van der Waals surface area contributed by atoms with Crippen molar-refractivity contribution in [3.8, 4) is 17.0 Å². The number of ether oxygens (including phenoxy) is 1. The second-order valence-corrected chi connectivity index (χ2v) is 5.05. The summed E-state index contributed by atoms with van der Waals surface area (Å²) in [4.78, 5) is 15.2. The molecule has 1 aromatic heterocycles. The molecule has 0 amide bonds. The first-order valence-corrected chi connectivity index (χ1v) is 6.95. The Morgan fingerprint density at radius 3 is 2.52 bits per heavy atom. The predicted octanol–water partition coefficient (Wildman–Crippen LogP) is 4.10. The molecule has 0 atom stereocenters. The molecule has 0 aliphatic rings. The van der Waals surface area contributed by atoms with Gasteiger partial charge in [0, 0.05) is 10.9 Å². The van der Waals surface area contributed by atoms with Crippen LogP contribution in [-0.4, -0.2) is 22.7 Å². The largest absolute Gasteiger partial charge is 0.482 e. The summed E-state index contributed by atoms with van der Waals surface area (Å²) < 4.78 is 5.13. The Bertz CT molecular complexity index is 831. The SMILES string of the molecule is Cc1cc(-c2ccc(OCC(=O)O)cc2)nc2ccccc12.Cl. The van der Waals surface area contributed by atoms with Crippen LogP contribution in [0, 0.1) is 6.92 Å². The van der Waals surface area contributed by atoms with Crippen LogP contribution < -0.4 is 4.74 Å². The van der Waals surface area contributed by atoms with Crippen molar-refractivity contribution in [3.63, 3.8) is 0 Å². The maximum atomic E-state index is 10.5. The highest BCUT2D eigenvalue weighted by atomic mass is 35.5. The highest BCUT2D eigenvalue weighted by Gasteiger charge is 2.05. The van der Waals surface area contributed by atoms with E-state index < -0.39 is 5.97 Å². The lowest BCUT2D eigenvalue weighted by atomic mass is 10.1. The summed E-state index contributed by atoms with van der Waals surface area (Å²) in [6, 6.07) is 17.4. The van der Waals surface area contributed by atoms with Crippen molar-refractivity contribution >= 4 is 29.3 Å². The Labute approximate surface area is 140 Å². The van der Waals surface area contributed by atoms with Crippen LogP contribution >= 0.6 is 12.4 Å². The first kappa shape index (κ1) is 16.8. The van der Waals surface area contributed by atoms with Crippen LogP contribution in [0.1, 0.15) is 5.56 Å². The van der Waals surface area contributed by atoms with Gasteiger partial charge in [0.1, 0.15) is 5.75 Å². The number of rotatable bonds is 4. The summed E-state index contributed by atoms with van der Waals surface area (Å²) in [5.41, 5.74) is 3.99. The average Bonchev–Trinajstić information content (AvgIpc) is 2.53. The summed E-state index contributed by atoms with van der Waals surface area (Å²) in [5, 5.41) is 9.75. The quantitative estimate of drug-likeness (QED) is 0.783. The van der Waals surface area contributed by atoms with Gasteiger partial charge in [-0.2, -0.15) is 0 Å². The number of hydrogen-bond donors (Lipinski definition) is 1. The molecular formula is C18H16ClNO3. The molecular weight excluding hydrogens is 314 g/mol. The van der Waals surface area contributed by atoms with Crippen molar-refractivity contribution in [1.82, 2.24) is 4.98 Å². The van der Waals surface area contributed by atoms with E-state index in [0.717, 1.165) is 22.2 Å². The fraction of sp³-hybridized carbons (Fsp3) is 0.111. The normalized spacial score (nSPS) is 10.1. The molecule has 0 bridgehead atoms. The predicted molar refractivity (Wildman–Crippen MR) is 92.3 cm³/mol. The van der Waals surface area contributed by atoms with Gasteiger partial charge in [0.05, 0.1) is 11.2 Å². The fourth-order valence-corrected chi connectivity index (χ4v) is 2.36. The molecule has 5 heteroatoms. The molecule has 0 fully saturated rings. The van der Waals surface area contributed by atoms with Gasteiger partial charge in [-0.15, -0.1) is 12.4 Å². The van der Waals surface area contributed by atoms with Crippen LogP contribution in [0.5, 0.6) is 5.75 Å². The van der Waals surface area contributed by atoms with E-state index in [1.165, 1.54) is 5.56 Å². The van der Waals surface area contributed by atoms with Crippen molar-refractivity contribution in [2.45, 2.75) is 6.92 Å². The molecule has 2 aromatic carbocycles. The topological polar surface area (TPSA) is 59.4 Å². The van der Waals surface area contributed by atoms with Crippen molar-refractivity contribution < 1.29 is 14.6 Å². The number of carboxylic acid groups (broad SMARTS) is 1. The average molecular weight is 330 g/mol. The molecule has 23 heavy (non-hydrogen) atoms. The molecule has 0 aliphatic carbocycles. The van der Waals surface area contributed by atoms with E-state index in [9.17, 15) is 4.79 Å². The molecule has 1 N–H and O–H groups in total. The van der Waals surface area contributed by atoms with Crippen molar-refractivity contribution in [2.24, 2.45) is 0 Å². The van der Waals surface area contributed by atoms with Gasteiger partial charge in [-0.3, -0.25) is 0 Å². The molecule has 0 radical (unpaired) electrons. The summed E-state index contributed by atoms with van der Waals surface area (Å²) in [6.45, 7) is 1.73. The summed E-state index contributed by atoms with van der Waals surface area (Å²) in [7, 11) is 0. The van der Waals surface area contributed by atoms with Crippen LogP contribution in [0.4, 0.5) is 0 Å². The second-order valence-electron chi connectivity index (χ2n) is 5.05. The van der Waals surface area contributed by atoms with Crippen molar-refractivity contribution in [3.05, 3.63) is 60.2 Å². The van der Waals surface area contributed by atoms with Gasteiger partial charge < -0.3 is 9.84 Å². The van der Waals surface area contributed by atoms with Crippen LogP contribution in [-0.2, 0) is 4.79 Å². The number of halogens is 1. The minimum atomic E-state index is -0.990. The van der Waals surface area contributed by atoms with Crippen molar-refractivity contribution in [2.75, 3.05) is 6.61 Å². The van der Waals surface area contributed by atoms with Gasteiger partial charge in [0.25, 0.3) is 0 Å². The summed E-state index contributed by atoms with van der Waals surface area (Å²) in [5.74, 6) is -0.459. The number of benzene rings is 2. The molecule has 0 saturated carbocycles. The summed E-state index contributed by atoms with van der Waals surface area (Å²) in [6.07, 6.45) is 0. The number of carbonyl (C=O) groups is 1. The molecule has 3 aromatic rings. The molecule has 0 unspecified atom stereocenters. The van der Waals surface area contributed by atoms with E-state index in [1.54, 1.807) is 12.1 Å². The highest BCUT2D eigenvalue weighted by Crippen LogP contribution is 2.25. The van der Waals surface area contributed by atoms with Gasteiger partial charge in [-0.05, 0) is 48.9 Å². The maximum absolute atomic E-state index is 10.5. The van der Waals surface area contributed by atoms with E-state index in [0.29, 0.717) is 5.75 Å². The Morgan fingerprint density at radius 1 is 1.13 bits per heavy atom. The van der Waals surface area contributed by atoms with Gasteiger partial charge in [-0.1, -0.05) is 18.2 Å². The van der Waals surface area contributed by atoms with Crippen LogP contribution in [0.2, 0.25) is 0 Å². The number of aromatic nitrogens is 1. The van der Waals surface area contributed by atoms with E-state index in [4.69, 9.17) is 9.84 Å². The zero-order valence-corrected chi connectivity index (χ0v) is 13.3. The third kappa shape index (κ3) is 3.79.